The molecule has 3 rings (SSSR count). The van der Waals surface area contributed by atoms with Crippen molar-refractivity contribution in [3.05, 3.63) is 59.7 Å². The maximum atomic E-state index is 12.5. The summed E-state index contributed by atoms with van der Waals surface area (Å²) in [7, 11) is -0.638. The second-order valence-electron chi connectivity index (χ2n) is 8.63. The minimum absolute atomic E-state index is 0.0158. The number of nitrogens with zero attached hydrogens (tertiary/aromatic N) is 3. The van der Waals surface area contributed by atoms with Gasteiger partial charge in [0.2, 0.25) is 21.8 Å². The molecule has 2 aromatic rings. The first-order chi connectivity index (χ1) is 16.1. The van der Waals surface area contributed by atoms with Crippen LogP contribution in [0, 0.1) is 6.92 Å². The SMILES string of the molecule is Cc1ccc(NC(=O)CN2CCN(CC(=O)NCc3ccccc3)CC2)cc1S(=O)(=O)N(C)C. The number of rotatable bonds is 9. The highest BCUT2D eigenvalue weighted by molar-refractivity contribution is 7.89. The third-order valence-electron chi connectivity index (χ3n) is 5.76. The topological polar surface area (TPSA) is 102 Å². The molecule has 0 atom stereocenters. The first-order valence-corrected chi connectivity index (χ1v) is 12.7. The molecule has 2 aromatic carbocycles. The van der Waals surface area contributed by atoms with E-state index in [1.807, 2.05) is 35.2 Å². The number of amides is 2. The van der Waals surface area contributed by atoms with Gasteiger partial charge in [-0.25, -0.2) is 12.7 Å². The Hall–Kier alpha value is -2.79. The fourth-order valence-electron chi connectivity index (χ4n) is 3.72. The van der Waals surface area contributed by atoms with Gasteiger partial charge in [0.05, 0.1) is 18.0 Å². The number of piperazine rings is 1. The van der Waals surface area contributed by atoms with Gasteiger partial charge in [0, 0.05) is 52.5 Å². The Kier molecular flexibility index (Phi) is 8.78. The Labute approximate surface area is 201 Å². The molecule has 1 fully saturated rings. The number of sulfonamides is 1. The van der Waals surface area contributed by atoms with E-state index < -0.39 is 10.0 Å². The molecule has 0 bridgehead atoms. The van der Waals surface area contributed by atoms with Crippen LogP contribution in [0.25, 0.3) is 0 Å². The molecule has 0 aliphatic carbocycles. The van der Waals surface area contributed by atoms with Gasteiger partial charge in [-0.15, -0.1) is 0 Å². The summed E-state index contributed by atoms with van der Waals surface area (Å²) in [5.74, 6) is -0.219. The third-order valence-corrected chi connectivity index (χ3v) is 7.72. The molecule has 34 heavy (non-hydrogen) atoms. The molecule has 1 aliphatic heterocycles. The lowest BCUT2D eigenvalue weighted by atomic mass is 10.2. The number of hydrogen-bond acceptors (Lipinski definition) is 6. The molecule has 0 spiro atoms. The highest BCUT2D eigenvalue weighted by atomic mass is 32.2. The Balaban J connectivity index is 1.44. The average Bonchev–Trinajstić information content (AvgIpc) is 2.80. The summed E-state index contributed by atoms with van der Waals surface area (Å²) in [6.45, 7) is 5.52. The van der Waals surface area contributed by atoms with Crippen molar-refractivity contribution < 1.29 is 18.0 Å². The van der Waals surface area contributed by atoms with Crippen LogP contribution in [0.15, 0.2) is 53.4 Å². The zero-order chi connectivity index (χ0) is 24.7. The maximum Gasteiger partial charge on any atom is 0.242 e. The van der Waals surface area contributed by atoms with E-state index in [0.717, 1.165) is 9.87 Å². The lowest BCUT2D eigenvalue weighted by Crippen LogP contribution is -2.50. The smallest absolute Gasteiger partial charge is 0.242 e. The molecule has 1 saturated heterocycles. The van der Waals surface area contributed by atoms with Crippen LogP contribution in [0.3, 0.4) is 0 Å². The van der Waals surface area contributed by atoms with Gasteiger partial charge in [-0.2, -0.15) is 0 Å². The van der Waals surface area contributed by atoms with Crippen molar-refractivity contribution in [3.63, 3.8) is 0 Å². The van der Waals surface area contributed by atoms with E-state index in [2.05, 4.69) is 15.5 Å². The van der Waals surface area contributed by atoms with Crippen molar-refractivity contribution in [2.45, 2.75) is 18.4 Å². The monoisotopic (exact) mass is 487 g/mol. The highest BCUT2D eigenvalue weighted by Crippen LogP contribution is 2.22. The Morgan fingerprint density at radius 2 is 1.50 bits per heavy atom. The molecule has 0 aromatic heterocycles. The van der Waals surface area contributed by atoms with E-state index in [4.69, 9.17) is 0 Å². The second-order valence-corrected chi connectivity index (χ2v) is 10.8. The fraction of sp³-hybridized carbons (Fsp3) is 0.417. The fourth-order valence-corrected chi connectivity index (χ4v) is 4.86. The lowest BCUT2D eigenvalue weighted by molar-refractivity contribution is -0.123. The van der Waals surface area contributed by atoms with Gasteiger partial charge < -0.3 is 10.6 Å². The van der Waals surface area contributed by atoms with Gasteiger partial charge in [-0.3, -0.25) is 19.4 Å². The predicted octanol–water partition coefficient (Wildman–Crippen LogP) is 1.12. The molecule has 184 valence electrons. The van der Waals surface area contributed by atoms with E-state index in [9.17, 15) is 18.0 Å². The van der Waals surface area contributed by atoms with Crippen LogP contribution in [-0.4, -0.2) is 87.7 Å². The van der Waals surface area contributed by atoms with Gasteiger partial charge >= 0.3 is 0 Å². The number of carbonyl (C=O) groups excluding carboxylic acids is 2. The number of benzene rings is 2. The molecular formula is C24H33N5O4S. The van der Waals surface area contributed by atoms with Crippen LogP contribution < -0.4 is 10.6 Å². The minimum atomic E-state index is -3.60. The first kappa shape index (κ1) is 25.8. The van der Waals surface area contributed by atoms with Crippen molar-refractivity contribution in [2.24, 2.45) is 0 Å². The van der Waals surface area contributed by atoms with Gasteiger partial charge in [0.1, 0.15) is 0 Å². The van der Waals surface area contributed by atoms with Crippen LogP contribution in [0.1, 0.15) is 11.1 Å². The summed E-state index contributed by atoms with van der Waals surface area (Å²) < 4.78 is 26.2. The molecule has 2 amide bonds. The largest absolute Gasteiger partial charge is 0.351 e. The molecule has 0 unspecified atom stereocenters. The van der Waals surface area contributed by atoms with E-state index in [0.29, 0.717) is 50.5 Å². The van der Waals surface area contributed by atoms with Crippen LogP contribution >= 0.6 is 0 Å². The maximum absolute atomic E-state index is 12.5. The van der Waals surface area contributed by atoms with Crippen LogP contribution in [0.4, 0.5) is 5.69 Å². The molecule has 0 radical (unpaired) electrons. The lowest BCUT2D eigenvalue weighted by Gasteiger charge is -2.33. The predicted molar refractivity (Wildman–Crippen MR) is 132 cm³/mol. The van der Waals surface area contributed by atoms with Crippen LogP contribution in [0.5, 0.6) is 0 Å². The molecular weight excluding hydrogens is 454 g/mol. The van der Waals surface area contributed by atoms with E-state index in [1.165, 1.54) is 20.2 Å². The van der Waals surface area contributed by atoms with Gasteiger partial charge in [-0.05, 0) is 30.2 Å². The zero-order valence-corrected chi connectivity index (χ0v) is 20.8. The third kappa shape index (κ3) is 7.10. The summed E-state index contributed by atoms with van der Waals surface area (Å²) in [5.41, 5.74) is 2.13. The normalized spacial score (nSPS) is 15.3. The van der Waals surface area contributed by atoms with Gasteiger partial charge in [0.15, 0.2) is 0 Å². The number of nitrogens with one attached hydrogen (secondary N) is 2. The molecule has 1 heterocycles. The molecule has 10 heteroatoms. The Bertz CT molecular complexity index is 1100. The summed E-state index contributed by atoms with van der Waals surface area (Å²) >= 11 is 0. The standard InChI is InChI=1S/C24H33N5O4S/c1-19-9-10-21(15-22(19)34(32,33)27(2)3)26-24(31)18-29-13-11-28(12-14-29)17-23(30)25-16-20-7-5-4-6-8-20/h4-10,15H,11-14,16-18H2,1-3H3,(H,25,30)(H,26,31). The summed E-state index contributed by atoms with van der Waals surface area (Å²) in [6.07, 6.45) is 0. The minimum Gasteiger partial charge on any atom is -0.351 e. The molecule has 0 saturated carbocycles. The Morgan fingerprint density at radius 1 is 0.912 bits per heavy atom. The van der Waals surface area contributed by atoms with E-state index in [-0.39, 0.29) is 23.3 Å². The van der Waals surface area contributed by atoms with Gasteiger partial charge in [-0.1, -0.05) is 36.4 Å². The molecule has 1 aliphatic rings. The van der Waals surface area contributed by atoms with Gasteiger partial charge in [0.25, 0.3) is 0 Å². The van der Waals surface area contributed by atoms with Crippen LogP contribution in [0.2, 0.25) is 0 Å². The average molecular weight is 488 g/mol. The number of hydrogen-bond donors (Lipinski definition) is 2. The summed E-state index contributed by atoms with van der Waals surface area (Å²) in [6, 6.07) is 14.7. The number of carbonyl (C=O) groups is 2. The number of aryl methyl sites for hydroxylation is 1. The van der Waals surface area contributed by atoms with Crippen LogP contribution in [-0.2, 0) is 26.2 Å². The number of anilines is 1. The van der Waals surface area contributed by atoms with Crippen molar-refractivity contribution in [1.29, 1.82) is 0 Å². The van der Waals surface area contributed by atoms with Crippen molar-refractivity contribution >= 4 is 27.5 Å². The highest BCUT2D eigenvalue weighted by Gasteiger charge is 2.22. The Morgan fingerprint density at radius 3 is 2.09 bits per heavy atom. The van der Waals surface area contributed by atoms with Crippen molar-refractivity contribution in [3.8, 4) is 0 Å². The van der Waals surface area contributed by atoms with E-state index >= 15 is 0 Å². The second kappa shape index (κ2) is 11.6. The zero-order valence-electron chi connectivity index (χ0n) is 20.0. The molecule has 2 N–H and O–H groups in total. The van der Waals surface area contributed by atoms with Crippen molar-refractivity contribution in [2.75, 3.05) is 58.7 Å². The molecule has 9 nitrogen and oxygen atoms in total. The summed E-state index contributed by atoms with van der Waals surface area (Å²) in [5, 5.41) is 5.74. The summed E-state index contributed by atoms with van der Waals surface area (Å²) in [4.78, 5) is 29.1. The van der Waals surface area contributed by atoms with Crippen molar-refractivity contribution in [1.82, 2.24) is 19.4 Å². The van der Waals surface area contributed by atoms with E-state index in [1.54, 1.807) is 19.1 Å². The quantitative estimate of drug-likeness (QED) is 0.550. The first-order valence-electron chi connectivity index (χ1n) is 11.2.